The van der Waals surface area contributed by atoms with Crippen LogP contribution in [0, 0.1) is 17.8 Å². The Morgan fingerprint density at radius 3 is 3.09 bits per heavy atom. The molecule has 3 atom stereocenters. The van der Waals surface area contributed by atoms with Crippen molar-refractivity contribution in [2.75, 3.05) is 6.54 Å². The van der Waals surface area contributed by atoms with Crippen LogP contribution in [-0.2, 0) is 0 Å². The average molecular weight is 294 g/mol. The van der Waals surface area contributed by atoms with Crippen molar-refractivity contribution in [2.45, 2.75) is 31.8 Å². The maximum atomic E-state index is 12.5. The predicted molar refractivity (Wildman–Crippen MR) is 83.5 cm³/mol. The Morgan fingerprint density at radius 1 is 1.45 bits per heavy atom. The Morgan fingerprint density at radius 2 is 2.36 bits per heavy atom. The number of fused-ring (bicyclic) bond motifs is 3. The van der Waals surface area contributed by atoms with E-state index in [-0.39, 0.29) is 11.9 Å². The molecule has 2 fully saturated rings. The first-order valence-corrected chi connectivity index (χ1v) is 7.68. The number of piperidine rings is 1. The first-order valence-electron chi connectivity index (χ1n) is 7.68. The average Bonchev–Trinajstić information content (AvgIpc) is 3.23. The topological polar surface area (TPSA) is 58.4 Å². The van der Waals surface area contributed by atoms with Gasteiger partial charge in [0.2, 0.25) is 0 Å². The van der Waals surface area contributed by atoms with Gasteiger partial charge in [0.15, 0.2) is 0 Å². The van der Waals surface area contributed by atoms with Crippen molar-refractivity contribution in [1.82, 2.24) is 20.0 Å². The molecule has 2 aliphatic rings. The van der Waals surface area contributed by atoms with Crippen molar-refractivity contribution >= 4 is 11.4 Å². The molecular weight excluding hydrogens is 276 g/mol. The maximum Gasteiger partial charge on any atom is 0.271 e. The van der Waals surface area contributed by atoms with E-state index >= 15 is 0 Å². The standard InChI is InChI=1S/C17H18N4O/c1-2-3-12-4-5-13-9-19-16(10-21(12)13)17(22)20-15-7-11-6-14(15)18-8-11/h4-5,9-11,14-15,18H,6-8H2,1H3,(H,20,22). The molecule has 0 aromatic carbocycles. The highest BCUT2D eigenvalue weighted by Crippen LogP contribution is 2.31. The molecule has 1 aliphatic heterocycles. The summed E-state index contributed by atoms with van der Waals surface area (Å²) in [6.07, 6.45) is 5.73. The van der Waals surface area contributed by atoms with Gasteiger partial charge in [0.05, 0.1) is 17.4 Å². The van der Waals surface area contributed by atoms with Crippen LogP contribution in [-0.4, -0.2) is 33.9 Å². The third kappa shape index (κ3) is 2.16. The van der Waals surface area contributed by atoms with Gasteiger partial charge in [-0.2, -0.15) is 0 Å². The fourth-order valence-electron chi connectivity index (χ4n) is 3.61. The molecule has 0 spiro atoms. The fourth-order valence-corrected chi connectivity index (χ4v) is 3.61. The molecular formula is C17H18N4O. The lowest BCUT2D eigenvalue weighted by atomic mass is 10.1. The quantitative estimate of drug-likeness (QED) is 0.818. The van der Waals surface area contributed by atoms with Crippen LogP contribution in [0.4, 0.5) is 0 Å². The minimum Gasteiger partial charge on any atom is -0.346 e. The van der Waals surface area contributed by atoms with Crippen LogP contribution >= 0.6 is 0 Å². The van der Waals surface area contributed by atoms with E-state index in [4.69, 9.17) is 0 Å². The molecule has 2 bridgehead atoms. The molecule has 0 radical (unpaired) electrons. The van der Waals surface area contributed by atoms with Crippen molar-refractivity contribution in [2.24, 2.45) is 5.92 Å². The molecule has 22 heavy (non-hydrogen) atoms. The van der Waals surface area contributed by atoms with Crippen molar-refractivity contribution < 1.29 is 4.79 Å². The first-order chi connectivity index (χ1) is 10.7. The van der Waals surface area contributed by atoms with Gasteiger partial charge >= 0.3 is 0 Å². The lowest BCUT2D eigenvalue weighted by Crippen LogP contribution is -2.48. The molecule has 1 aliphatic carbocycles. The van der Waals surface area contributed by atoms with Crippen LogP contribution in [0.2, 0.25) is 0 Å². The number of amides is 1. The zero-order valence-corrected chi connectivity index (χ0v) is 12.5. The first kappa shape index (κ1) is 13.4. The van der Waals surface area contributed by atoms with Gasteiger partial charge < -0.3 is 15.0 Å². The van der Waals surface area contributed by atoms with Crippen LogP contribution in [0.5, 0.6) is 0 Å². The number of hydrogen-bond acceptors (Lipinski definition) is 3. The summed E-state index contributed by atoms with van der Waals surface area (Å²) < 4.78 is 1.91. The Labute approximate surface area is 129 Å². The summed E-state index contributed by atoms with van der Waals surface area (Å²) in [4.78, 5) is 16.7. The fraction of sp³-hybridized carbons (Fsp3) is 0.412. The number of carbonyl (C=O) groups excluding carboxylic acids is 1. The smallest absolute Gasteiger partial charge is 0.271 e. The van der Waals surface area contributed by atoms with E-state index in [2.05, 4.69) is 27.5 Å². The van der Waals surface area contributed by atoms with Gasteiger partial charge in [-0.25, -0.2) is 4.98 Å². The molecule has 2 aromatic rings. The molecule has 1 saturated carbocycles. The van der Waals surface area contributed by atoms with E-state index in [1.54, 1.807) is 19.3 Å². The molecule has 3 unspecified atom stereocenters. The molecule has 2 aromatic heterocycles. The second kappa shape index (κ2) is 5.15. The van der Waals surface area contributed by atoms with Crippen molar-refractivity contribution in [3.05, 3.63) is 35.9 Å². The maximum absolute atomic E-state index is 12.5. The van der Waals surface area contributed by atoms with Gasteiger partial charge in [-0.05, 0) is 50.3 Å². The third-order valence-corrected chi connectivity index (χ3v) is 4.67. The summed E-state index contributed by atoms with van der Waals surface area (Å²) in [5.41, 5.74) is 2.25. The zero-order chi connectivity index (χ0) is 15.1. The van der Waals surface area contributed by atoms with Gasteiger partial charge in [-0.15, -0.1) is 0 Å². The van der Waals surface area contributed by atoms with E-state index in [1.165, 1.54) is 6.42 Å². The molecule has 112 valence electrons. The number of nitrogens with one attached hydrogen (secondary N) is 2. The summed E-state index contributed by atoms with van der Waals surface area (Å²) in [6.45, 7) is 2.89. The number of rotatable bonds is 2. The zero-order valence-electron chi connectivity index (χ0n) is 12.5. The largest absolute Gasteiger partial charge is 0.346 e. The molecule has 1 saturated heterocycles. The lowest BCUT2D eigenvalue weighted by molar-refractivity contribution is 0.0923. The van der Waals surface area contributed by atoms with Gasteiger partial charge in [0.1, 0.15) is 5.69 Å². The van der Waals surface area contributed by atoms with Crippen LogP contribution < -0.4 is 10.6 Å². The van der Waals surface area contributed by atoms with Crippen LogP contribution in [0.25, 0.3) is 5.52 Å². The van der Waals surface area contributed by atoms with E-state index < -0.39 is 0 Å². The van der Waals surface area contributed by atoms with E-state index in [1.807, 2.05) is 16.5 Å². The number of nitrogens with zero attached hydrogens (tertiary/aromatic N) is 2. The van der Waals surface area contributed by atoms with Crippen LogP contribution in [0.15, 0.2) is 24.5 Å². The SMILES string of the molecule is CC#Cc1ccc2cnc(C(=O)NC3CC4CNC3C4)cn12. The van der Waals surface area contributed by atoms with E-state index in [9.17, 15) is 4.79 Å². The highest BCUT2D eigenvalue weighted by Gasteiger charge is 2.40. The summed E-state index contributed by atoms with van der Waals surface area (Å²) in [6, 6.07) is 4.54. The number of hydrogen-bond donors (Lipinski definition) is 2. The second-order valence-electron chi connectivity index (χ2n) is 6.09. The van der Waals surface area contributed by atoms with Crippen molar-refractivity contribution in [1.29, 1.82) is 0 Å². The van der Waals surface area contributed by atoms with Crippen LogP contribution in [0.3, 0.4) is 0 Å². The van der Waals surface area contributed by atoms with Crippen molar-refractivity contribution in [3.63, 3.8) is 0 Å². The Hall–Kier alpha value is -2.32. The molecule has 1 amide bonds. The third-order valence-electron chi connectivity index (χ3n) is 4.67. The Bertz CT molecular complexity index is 798. The predicted octanol–water partition coefficient (Wildman–Crippen LogP) is 1.19. The molecule has 5 nitrogen and oxygen atoms in total. The highest BCUT2D eigenvalue weighted by molar-refractivity contribution is 5.92. The highest BCUT2D eigenvalue weighted by atomic mass is 16.2. The molecule has 2 N–H and O–H groups in total. The second-order valence-corrected chi connectivity index (χ2v) is 6.09. The Kier molecular flexibility index (Phi) is 3.12. The van der Waals surface area contributed by atoms with E-state index in [0.717, 1.165) is 24.2 Å². The summed E-state index contributed by atoms with van der Waals surface area (Å²) in [7, 11) is 0. The molecule has 3 heterocycles. The minimum absolute atomic E-state index is 0.106. The molecule has 5 heteroatoms. The summed E-state index contributed by atoms with van der Waals surface area (Å²) in [5.74, 6) is 6.53. The molecule has 4 rings (SSSR count). The number of aromatic nitrogens is 2. The summed E-state index contributed by atoms with van der Waals surface area (Å²) in [5, 5.41) is 6.58. The Balaban J connectivity index is 1.58. The minimum atomic E-state index is -0.106. The lowest BCUT2D eigenvalue weighted by Gasteiger charge is -2.23. The summed E-state index contributed by atoms with van der Waals surface area (Å²) >= 11 is 0. The monoisotopic (exact) mass is 294 g/mol. The van der Waals surface area contributed by atoms with E-state index in [0.29, 0.717) is 17.7 Å². The van der Waals surface area contributed by atoms with Gasteiger partial charge in [-0.3, -0.25) is 4.79 Å². The van der Waals surface area contributed by atoms with Gasteiger partial charge in [0.25, 0.3) is 5.91 Å². The van der Waals surface area contributed by atoms with Gasteiger partial charge in [-0.1, -0.05) is 5.92 Å². The normalized spacial score (nSPS) is 26.0. The van der Waals surface area contributed by atoms with Gasteiger partial charge in [0, 0.05) is 18.3 Å². The number of carbonyl (C=O) groups is 1. The van der Waals surface area contributed by atoms with Crippen LogP contribution in [0.1, 0.15) is 35.9 Å². The van der Waals surface area contributed by atoms with Crippen molar-refractivity contribution in [3.8, 4) is 11.8 Å².